The maximum atomic E-state index is 12.4. The first kappa shape index (κ1) is 16.4. The topological polar surface area (TPSA) is 59.2 Å². The average Bonchev–Trinajstić information content (AvgIpc) is 3.29. The Kier molecular flexibility index (Phi) is 5.38. The zero-order valence-electron chi connectivity index (χ0n) is 13.5. The Labute approximate surface area is 144 Å². The van der Waals surface area contributed by atoms with Crippen molar-refractivity contribution in [3.8, 4) is 10.7 Å². The van der Waals surface area contributed by atoms with Gasteiger partial charge >= 0.3 is 0 Å². The van der Waals surface area contributed by atoms with E-state index in [1.54, 1.807) is 16.2 Å². The molecule has 2 heterocycles. The fraction of sp³-hybridized carbons (Fsp3) is 0.278. The number of hydrogen-bond acceptors (Lipinski definition) is 5. The molecule has 0 aliphatic rings. The SMILES string of the molecule is CCN(Cc1nc(-c2cccs2)no1)C(=O)CCc1ccccc1. The molecule has 0 atom stereocenters. The standard InChI is InChI=1S/C18H19N3O2S/c1-2-21(17(22)11-10-14-7-4-3-5-8-14)13-16-19-18(20-23-16)15-9-6-12-24-15/h3-9,12H,2,10-11,13H2,1H3. The molecular formula is C18H19N3O2S. The molecule has 124 valence electrons. The number of benzene rings is 1. The Balaban J connectivity index is 1.59. The molecule has 3 aromatic rings. The Morgan fingerprint density at radius 3 is 2.75 bits per heavy atom. The van der Waals surface area contributed by atoms with Crippen molar-refractivity contribution >= 4 is 17.2 Å². The van der Waals surface area contributed by atoms with Crippen LogP contribution in [0.25, 0.3) is 10.7 Å². The van der Waals surface area contributed by atoms with Gasteiger partial charge in [0.1, 0.15) is 0 Å². The van der Waals surface area contributed by atoms with Crippen LogP contribution in [0, 0.1) is 0 Å². The smallest absolute Gasteiger partial charge is 0.246 e. The highest BCUT2D eigenvalue weighted by Crippen LogP contribution is 2.21. The second-order valence-electron chi connectivity index (χ2n) is 5.38. The highest BCUT2D eigenvalue weighted by atomic mass is 32.1. The zero-order chi connectivity index (χ0) is 16.8. The Hall–Kier alpha value is -2.47. The molecule has 3 rings (SSSR count). The van der Waals surface area contributed by atoms with Crippen molar-refractivity contribution in [1.82, 2.24) is 15.0 Å². The van der Waals surface area contributed by atoms with Gasteiger partial charge in [-0.1, -0.05) is 41.6 Å². The summed E-state index contributed by atoms with van der Waals surface area (Å²) in [5.41, 5.74) is 1.17. The lowest BCUT2D eigenvalue weighted by Gasteiger charge is -2.18. The highest BCUT2D eigenvalue weighted by Gasteiger charge is 2.17. The zero-order valence-corrected chi connectivity index (χ0v) is 14.3. The van der Waals surface area contributed by atoms with Crippen LogP contribution < -0.4 is 0 Å². The molecule has 0 fully saturated rings. The number of hydrogen-bond donors (Lipinski definition) is 0. The Bertz CT molecular complexity index is 769. The third-order valence-electron chi connectivity index (χ3n) is 3.74. The van der Waals surface area contributed by atoms with Gasteiger partial charge in [0.15, 0.2) is 0 Å². The van der Waals surface area contributed by atoms with Crippen molar-refractivity contribution in [3.05, 3.63) is 59.3 Å². The molecule has 0 saturated carbocycles. The maximum absolute atomic E-state index is 12.4. The van der Waals surface area contributed by atoms with E-state index < -0.39 is 0 Å². The van der Waals surface area contributed by atoms with Gasteiger partial charge in [-0.05, 0) is 30.4 Å². The summed E-state index contributed by atoms with van der Waals surface area (Å²) in [5, 5.41) is 5.95. The molecule has 0 saturated heterocycles. The Morgan fingerprint density at radius 2 is 2.04 bits per heavy atom. The lowest BCUT2D eigenvalue weighted by Crippen LogP contribution is -2.30. The summed E-state index contributed by atoms with van der Waals surface area (Å²) in [7, 11) is 0. The number of amides is 1. The fourth-order valence-corrected chi connectivity index (χ4v) is 3.07. The van der Waals surface area contributed by atoms with Crippen molar-refractivity contribution < 1.29 is 9.32 Å². The summed E-state index contributed by atoms with van der Waals surface area (Å²) in [5.74, 6) is 1.14. The van der Waals surface area contributed by atoms with Gasteiger partial charge in [0.25, 0.3) is 0 Å². The van der Waals surface area contributed by atoms with Crippen LogP contribution in [0.4, 0.5) is 0 Å². The molecule has 0 aliphatic carbocycles. The first-order chi connectivity index (χ1) is 11.8. The second kappa shape index (κ2) is 7.88. The fourth-order valence-electron chi connectivity index (χ4n) is 2.42. The molecule has 24 heavy (non-hydrogen) atoms. The van der Waals surface area contributed by atoms with Gasteiger partial charge in [-0.3, -0.25) is 4.79 Å². The number of carbonyl (C=O) groups excluding carboxylic acids is 1. The van der Waals surface area contributed by atoms with Crippen LogP contribution in [0.2, 0.25) is 0 Å². The van der Waals surface area contributed by atoms with Crippen LogP contribution in [-0.4, -0.2) is 27.5 Å². The molecule has 1 aromatic carbocycles. The largest absolute Gasteiger partial charge is 0.337 e. The van der Waals surface area contributed by atoms with E-state index in [0.29, 0.717) is 31.2 Å². The summed E-state index contributed by atoms with van der Waals surface area (Å²) in [6.07, 6.45) is 1.21. The van der Waals surface area contributed by atoms with Gasteiger partial charge in [-0.2, -0.15) is 4.98 Å². The maximum Gasteiger partial charge on any atom is 0.246 e. The van der Waals surface area contributed by atoms with Gasteiger partial charge in [-0.15, -0.1) is 11.3 Å². The number of aromatic nitrogens is 2. The number of aryl methyl sites for hydroxylation is 1. The van der Waals surface area contributed by atoms with Crippen LogP contribution in [-0.2, 0) is 17.8 Å². The van der Waals surface area contributed by atoms with E-state index in [1.807, 2.05) is 54.8 Å². The lowest BCUT2D eigenvalue weighted by atomic mass is 10.1. The predicted octanol–water partition coefficient (Wildman–Crippen LogP) is 3.78. The van der Waals surface area contributed by atoms with Crippen molar-refractivity contribution in [2.75, 3.05) is 6.54 Å². The summed E-state index contributed by atoms with van der Waals surface area (Å²) < 4.78 is 5.29. The molecule has 0 spiro atoms. The third kappa shape index (κ3) is 4.08. The third-order valence-corrected chi connectivity index (χ3v) is 4.61. The van der Waals surface area contributed by atoms with E-state index in [4.69, 9.17) is 4.52 Å². The molecule has 6 heteroatoms. The monoisotopic (exact) mass is 341 g/mol. The Morgan fingerprint density at radius 1 is 1.21 bits per heavy atom. The molecule has 0 N–H and O–H groups in total. The minimum atomic E-state index is 0.0947. The summed E-state index contributed by atoms with van der Waals surface area (Å²) in [6.45, 7) is 2.92. The van der Waals surface area contributed by atoms with Gasteiger partial charge < -0.3 is 9.42 Å². The van der Waals surface area contributed by atoms with Gasteiger partial charge in [0.05, 0.1) is 11.4 Å². The van der Waals surface area contributed by atoms with Gasteiger partial charge in [0.2, 0.25) is 17.6 Å². The molecule has 0 unspecified atom stereocenters. The van der Waals surface area contributed by atoms with Crippen molar-refractivity contribution in [2.45, 2.75) is 26.3 Å². The predicted molar refractivity (Wildman–Crippen MR) is 93.5 cm³/mol. The molecule has 0 bridgehead atoms. The van der Waals surface area contributed by atoms with E-state index in [1.165, 1.54) is 5.56 Å². The average molecular weight is 341 g/mol. The van der Waals surface area contributed by atoms with E-state index in [2.05, 4.69) is 10.1 Å². The van der Waals surface area contributed by atoms with Gasteiger partial charge in [0, 0.05) is 13.0 Å². The second-order valence-corrected chi connectivity index (χ2v) is 6.33. The number of thiophene rings is 1. The minimum absolute atomic E-state index is 0.0947. The first-order valence-electron chi connectivity index (χ1n) is 7.94. The highest BCUT2D eigenvalue weighted by molar-refractivity contribution is 7.13. The van der Waals surface area contributed by atoms with E-state index in [0.717, 1.165) is 11.3 Å². The number of rotatable bonds is 7. The van der Waals surface area contributed by atoms with Crippen LogP contribution in [0.15, 0.2) is 52.4 Å². The van der Waals surface area contributed by atoms with Crippen molar-refractivity contribution in [1.29, 1.82) is 0 Å². The van der Waals surface area contributed by atoms with Crippen molar-refractivity contribution in [2.24, 2.45) is 0 Å². The van der Waals surface area contributed by atoms with Crippen LogP contribution in [0.1, 0.15) is 24.8 Å². The van der Waals surface area contributed by atoms with Crippen LogP contribution in [0.3, 0.4) is 0 Å². The normalized spacial score (nSPS) is 10.7. The number of carbonyl (C=O) groups is 1. The lowest BCUT2D eigenvalue weighted by molar-refractivity contribution is -0.131. The van der Waals surface area contributed by atoms with Crippen LogP contribution >= 0.6 is 11.3 Å². The summed E-state index contributed by atoms with van der Waals surface area (Å²) >= 11 is 1.56. The quantitative estimate of drug-likeness (QED) is 0.656. The first-order valence-corrected chi connectivity index (χ1v) is 8.82. The van der Waals surface area contributed by atoms with E-state index in [-0.39, 0.29) is 5.91 Å². The summed E-state index contributed by atoms with van der Waals surface area (Å²) in [6, 6.07) is 13.9. The van der Waals surface area contributed by atoms with Gasteiger partial charge in [-0.25, -0.2) is 0 Å². The molecule has 2 aromatic heterocycles. The molecule has 0 radical (unpaired) electrons. The molecular weight excluding hydrogens is 322 g/mol. The molecule has 5 nitrogen and oxygen atoms in total. The summed E-state index contributed by atoms with van der Waals surface area (Å²) in [4.78, 5) is 19.5. The van der Waals surface area contributed by atoms with E-state index in [9.17, 15) is 4.79 Å². The van der Waals surface area contributed by atoms with Crippen LogP contribution in [0.5, 0.6) is 0 Å². The van der Waals surface area contributed by atoms with Crippen molar-refractivity contribution in [3.63, 3.8) is 0 Å². The molecule has 1 amide bonds. The van der Waals surface area contributed by atoms with E-state index >= 15 is 0 Å². The molecule has 0 aliphatic heterocycles. The minimum Gasteiger partial charge on any atom is -0.337 e. The number of nitrogens with zero attached hydrogens (tertiary/aromatic N) is 3.